The van der Waals surface area contributed by atoms with Crippen molar-refractivity contribution in [2.75, 3.05) is 19.6 Å². The van der Waals surface area contributed by atoms with Crippen LogP contribution in [0.15, 0.2) is 28.7 Å². The van der Waals surface area contributed by atoms with Crippen molar-refractivity contribution in [3.05, 3.63) is 34.3 Å². The summed E-state index contributed by atoms with van der Waals surface area (Å²) < 4.78 is 1.11. The molecule has 0 spiro atoms. The lowest BCUT2D eigenvalue weighted by atomic mass is 9.92. The molecule has 0 saturated carbocycles. The first-order valence-corrected chi connectivity index (χ1v) is 7.24. The van der Waals surface area contributed by atoms with Crippen molar-refractivity contribution in [1.82, 2.24) is 4.90 Å². The van der Waals surface area contributed by atoms with Crippen molar-refractivity contribution < 1.29 is 5.11 Å². The van der Waals surface area contributed by atoms with Gasteiger partial charge in [0.2, 0.25) is 0 Å². The molecule has 1 heterocycles. The van der Waals surface area contributed by atoms with Crippen LogP contribution in [0.1, 0.15) is 31.4 Å². The molecular weight excluding hydrogens is 292 g/mol. The van der Waals surface area contributed by atoms with E-state index in [1.165, 1.54) is 5.56 Å². The Labute approximate surface area is 117 Å². The van der Waals surface area contributed by atoms with E-state index in [4.69, 9.17) is 5.73 Å². The summed E-state index contributed by atoms with van der Waals surface area (Å²) in [5.41, 5.74) is 6.67. The third kappa shape index (κ3) is 3.12. The third-order valence-electron chi connectivity index (χ3n) is 3.80. The quantitative estimate of drug-likeness (QED) is 0.900. The number of aliphatic hydroxyl groups is 1. The summed E-state index contributed by atoms with van der Waals surface area (Å²) in [5.74, 6) is 0. The van der Waals surface area contributed by atoms with E-state index in [1.54, 1.807) is 0 Å². The molecule has 1 aromatic rings. The Hall–Kier alpha value is -0.420. The van der Waals surface area contributed by atoms with Crippen LogP contribution in [-0.2, 0) is 0 Å². The summed E-state index contributed by atoms with van der Waals surface area (Å²) in [4.78, 5) is 2.37. The Morgan fingerprint density at radius 2 is 2.00 bits per heavy atom. The van der Waals surface area contributed by atoms with Gasteiger partial charge in [-0.1, -0.05) is 34.1 Å². The summed E-state index contributed by atoms with van der Waals surface area (Å²) in [6, 6.07) is 8.47. The van der Waals surface area contributed by atoms with Crippen molar-refractivity contribution in [2.45, 2.75) is 31.4 Å². The molecule has 0 radical (unpaired) electrons. The molecule has 0 aliphatic carbocycles. The van der Waals surface area contributed by atoms with Crippen LogP contribution < -0.4 is 5.73 Å². The van der Waals surface area contributed by atoms with Crippen LogP contribution in [-0.4, -0.2) is 35.2 Å². The molecule has 1 aliphatic heterocycles. The van der Waals surface area contributed by atoms with Gasteiger partial charge in [-0.3, -0.25) is 4.90 Å². The van der Waals surface area contributed by atoms with Crippen LogP contribution in [0.2, 0.25) is 0 Å². The average Bonchev–Trinajstić information content (AvgIpc) is 2.34. The second kappa shape index (κ2) is 5.70. The average molecular weight is 313 g/mol. The van der Waals surface area contributed by atoms with E-state index in [0.717, 1.165) is 30.4 Å². The Morgan fingerprint density at radius 1 is 1.39 bits per heavy atom. The van der Waals surface area contributed by atoms with E-state index in [2.05, 4.69) is 33.0 Å². The first-order chi connectivity index (χ1) is 8.53. The summed E-state index contributed by atoms with van der Waals surface area (Å²) in [7, 11) is 0. The first-order valence-electron chi connectivity index (χ1n) is 6.44. The molecule has 0 bridgehead atoms. The molecule has 1 fully saturated rings. The fourth-order valence-electron chi connectivity index (χ4n) is 2.54. The topological polar surface area (TPSA) is 49.5 Å². The number of piperidine rings is 1. The van der Waals surface area contributed by atoms with E-state index in [-0.39, 0.29) is 6.04 Å². The van der Waals surface area contributed by atoms with E-state index in [9.17, 15) is 5.11 Å². The van der Waals surface area contributed by atoms with Gasteiger partial charge >= 0.3 is 0 Å². The molecule has 2 rings (SSSR count). The van der Waals surface area contributed by atoms with Crippen LogP contribution in [0.25, 0.3) is 0 Å². The van der Waals surface area contributed by atoms with Crippen LogP contribution in [0, 0.1) is 0 Å². The third-order valence-corrected chi connectivity index (χ3v) is 4.53. The minimum Gasteiger partial charge on any atom is -0.390 e. The fourth-order valence-corrected chi connectivity index (χ4v) is 3.08. The fraction of sp³-hybridized carbons (Fsp3) is 0.571. The Bertz CT molecular complexity index is 399. The molecule has 1 aromatic carbocycles. The van der Waals surface area contributed by atoms with Crippen molar-refractivity contribution >= 4 is 15.9 Å². The first kappa shape index (κ1) is 14.0. The molecule has 1 atom stereocenters. The zero-order chi connectivity index (χ0) is 13.2. The zero-order valence-electron chi connectivity index (χ0n) is 10.8. The number of benzene rings is 1. The van der Waals surface area contributed by atoms with Crippen molar-refractivity contribution in [3.8, 4) is 0 Å². The molecule has 0 aromatic heterocycles. The maximum absolute atomic E-state index is 10.0. The van der Waals surface area contributed by atoms with Gasteiger partial charge in [-0.25, -0.2) is 0 Å². The molecule has 3 nitrogen and oxygen atoms in total. The normalized spacial score (nSPS) is 21.8. The predicted octanol–water partition coefficient (Wildman–Crippen LogP) is 2.30. The van der Waals surface area contributed by atoms with Crippen molar-refractivity contribution in [1.29, 1.82) is 0 Å². The molecule has 3 N–H and O–H groups in total. The van der Waals surface area contributed by atoms with Crippen LogP contribution in [0.4, 0.5) is 0 Å². The molecule has 1 unspecified atom stereocenters. The lowest BCUT2D eigenvalue weighted by Gasteiger charge is -2.40. The summed E-state index contributed by atoms with van der Waals surface area (Å²) in [5, 5.41) is 10.0. The highest BCUT2D eigenvalue weighted by Gasteiger charge is 2.31. The number of nitrogens with zero attached hydrogens (tertiary/aromatic N) is 1. The van der Waals surface area contributed by atoms with Crippen molar-refractivity contribution in [3.63, 3.8) is 0 Å². The number of hydrogen-bond donors (Lipinski definition) is 2. The standard InChI is InChI=1S/C14H21BrN2O/c1-14(18)6-8-17(9-7-14)13(10-16)11-4-2-3-5-12(11)15/h2-5,13,18H,6-10,16H2,1H3. The van der Waals surface area contributed by atoms with Crippen LogP contribution >= 0.6 is 15.9 Å². The maximum atomic E-state index is 10.0. The number of nitrogens with two attached hydrogens (primary N) is 1. The number of halogens is 1. The highest BCUT2D eigenvalue weighted by molar-refractivity contribution is 9.10. The second-order valence-corrected chi connectivity index (χ2v) is 6.16. The molecule has 1 saturated heterocycles. The number of likely N-dealkylation sites (tertiary alicyclic amines) is 1. The van der Waals surface area contributed by atoms with Crippen molar-refractivity contribution in [2.24, 2.45) is 5.73 Å². The van der Waals surface area contributed by atoms with Gasteiger partial charge in [-0.05, 0) is 31.4 Å². The Balaban J connectivity index is 2.13. The number of rotatable bonds is 3. The summed E-state index contributed by atoms with van der Waals surface area (Å²) in [6.45, 7) is 4.32. The Kier molecular flexibility index (Phi) is 4.43. The van der Waals surface area contributed by atoms with E-state index >= 15 is 0 Å². The minimum absolute atomic E-state index is 0.233. The van der Waals surface area contributed by atoms with Gasteiger partial charge in [-0.15, -0.1) is 0 Å². The zero-order valence-corrected chi connectivity index (χ0v) is 12.4. The predicted molar refractivity (Wildman–Crippen MR) is 77.4 cm³/mol. The highest BCUT2D eigenvalue weighted by Crippen LogP contribution is 2.31. The lowest BCUT2D eigenvalue weighted by molar-refractivity contribution is -0.0160. The molecule has 100 valence electrons. The molecule has 1 aliphatic rings. The largest absolute Gasteiger partial charge is 0.390 e. The van der Waals surface area contributed by atoms with Gasteiger partial charge in [0, 0.05) is 30.1 Å². The van der Waals surface area contributed by atoms with Gasteiger partial charge in [0.1, 0.15) is 0 Å². The SMILES string of the molecule is CC1(O)CCN(C(CN)c2ccccc2Br)CC1. The maximum Gasteiger partial charge on any atom is 0.0644 e. The monoisotopic (exact) mass is 312 g/mol. The van der Waals surface area contributed by atoms with Crippen LogP contribution in [0.5, 0.6) is 0 Å². The lowest BCUT2D eigenvalue weighted by Crippen LogP contribution is -2.45. The van der Waals surface area contributed by atoms with E-state index < -0.39 is 5.60 Å². The highest BCUT2D eigenvalue weighted by atomic mass is 79.9. The molecule has 0 amide bonds. The van der Waals surface area contributed by atoms with E-state index in [0.29, 0.717) is 6.54 Å². The van der Waals surface area contributed by atoms with E-state index in [1.807, 2.05) is 19.1 Å². The summed E-state index contributed by atoms with van der Waals surface area (Å²) in [6.07, 6.45) is 1.63. The van der Waals surface area contributed by atoms with Gasteiger partial charge in [0.15, 0.2) is 0 Å². The number of hydrogen-bond acceptors (Lipinski definition) is 3. The van der Waals surface area contributed by atoms with Crippen LogP contribution in [0.3, 0.4) is 0 Å². The van der Waals surface area contributed by atoms with Gasteiger partial charge < -0.3 is 10.8 Å². The van der Waals surface area contributed by atoms with Gasteiger partial charge in [-0.2, -0.15) is 0 Å². The minimum atomic E-state index is -0.510. The molecular formula is C14H21BrN2O. The molecule has 4 heteroatoms. The molecule has 18 heavy (non-hydrogen) atoms. The van der Waals surface area contributed by atoms with Gasteiger partial charge in [0.05, 0.1) is 5.60 Å². The smallest absolute Gasteiger partial charge is 0.0644 e. The summed E-state index contributed by atoms with van der Waals surface area (Å²) >= 11 is 3.60. The van der Waals surface area contributed by atoms with Gasteiger partial charge in [0.25, 0.3) is 0 Å². The Morgan fingerprint density at radius 3 is 2.56 bits per heavy atom. The second-order valence-electron chi connectivity index (χ2n) is 5.31.